The maximum Gasteiger partial charge on any atom is 0.303 e. The van der Waals surface area contributed by atoms with Crippen LogP contribution in [-0.4, -0.2) is 23.0 Å². The van der Waals surface area contributed by atoms with E-state index in [0.29, 0.717) is 0 Å². The quantitative estimate of drug-likeness (QED) is 0.758. The highest BCUT2D eigenvalue weighted by molar-refractivity contribution is 9.10. The maximum atomic E-state index is 13.0. The molecule has 0 saturated heterocycles. The summed E-state index contributed by atoms with van der Waals surface area (Å²) in [5.41, 5.74) is 5.73. The Labute approximate surface area is 122 Å². The van der Waals surface area contributed by atoms with Crippen LogP contribution in [0.25, 0.3) is 0 Å². The number of aliphatic carboxylic acids is 1. The summed E-state index contributed by atoms with van der Waals surface area (Å²) in [5.74, 6) is -2.18. The Morgan fingerprint density at radius 3 is 2.68 bits per heavy atom. The first-order valence-corrected chi connectivity index (χ1v) is 6.41. The van der Waals surface area contributed by atoms with E-state index in [1.54, 1.807) is 0 Å². The Hall–Kier alpha value is -1.18. The van der Waals surface area contributed by atoms with E-state index in [4.69, 9.17) is 22.4 Å². The lowest BCUT2D eigenvalue weighted by Crippen LogP contribution is -2.36. The molecule has 104 valence electrons. The second kappa shape index (κ2) is 6.83. The Kier molecular flexibility index (Phi) is 5.71. The zero-order valence-corrected chi connectivity index (χ0v) is 12.0. The fourth-order valence-electron chi connectivity index (χ4n) is 1.29. The summed E-state index contributed by atoms with van der Waals surface area (Å²) in [6.45, 7) is 0. The first kappa shape index (κ1) is 15.9. The van der Waals surface area contributed by atoms with E-state index >= 15 is 0 Å². The third-order valence-electron chi connectivity index (χ3n) is 2.26. The number of hydrogen-bond donors (Lipinski definition) is 3. The second-order valence-electron chi connectivity index (χ2n) is 3.77. The van der Waals surface area contributed by atoms with Crippen LogP contribution in [0.3, 0.4) is 0 Å². The second-order valence-corrected chi connectivity index (χ2v) is 5.03. The number of halogens is 3. The van der Waals surface area contributed by atoms with Crippen molar-refractivity contribution in [3.8, 4) is 0 Å². The van der Waals surface area contributed by atoms with E-state index in [0.717, 1.165) is 12.1 Å². The van der Waals surface area contributed by atoms with E-state index in [2.05, 4.69) is 21.2 Å². The van der Waals surface area contributed by atoms with Crippen molar-refractivity contribution in [1.82, 2.24) is 0 Å². The SMILES string of the molecule is NC(CCC(=O)O)C(=O)Nc1c(Cl)cc(F)cc1Br. The number of carboxylic acid groups (broad SMARTS) is 1. The van der Waals surface area contributed by atoms with Gasteiger partial charge in [0.1, 0.15) is 5.82 Å². The fraction of sp³-hybridized carbons (Fsp3) is 0.273. The predicted molar refractivity (Wildman–Crippen MR) is 72.6 cm³/mol. The maximum absolute atomic E-state index is 13.0. The number of rotatable bonds is 5. The molecule has 0 aromatic heterocycles. The summed E-state index contributed by atoms with van der Waals surface area (Å²) in [5, 5.41) is 10.9. The van der Waals surface area contributed by atoms with Gasteiger partial charge >= 0.3 is 5.97 Å². The number of carboxylic acids is 1. The smallest absolute Gasteiger partial charge is 0.303 e. The van der Waals surface area contributed by atoms with E-state index in [9.17, 15) is 14.0 Å². The number of nitrogens with two attached hydrogens (primary N) is 1. The number of benzene rings is 1. The minimum atomic E-state index is -1.04. The highest BCUT2D eigenvalue weighted by Gasteiger charge is 2.18. The van der Waals surface area contributed by atoms with Crippen LogP contribution in [0.15, 0.2) is 16.6 Å². The van der Waals surface area contributed by atoms with Crippen LogP contribution in [0, 0.1) is 5.82 Å². The first-order valence-electron chi connectivity index (χ1n) is 5.24. The molecule has 4 N–H and O–H groups in total. The molecule has 0 saturated carbocycles. The molecule has 1 aromatic rings. The van der Waals surface area contributed by atoms with Crippen molar-refractivity contribution in [1.29, 1.82) is 0 Å². The van der Waals surface area contributed by atoms with Crippen LogP contribution in [0.5, 0.6) is 0 Å². The van der Waals surface area contributed by atoms with Crippen molar-refractivity contribution in [2.75, 3.05) is 5.32 Å². The standard InChI is InChI=1S/C11H11BrClFN2O3/c12-6-3-5(14)4-7(13)10(6)16-11(19)8(15)1-2-9(17)18/h3-4,8H,1-2,15H2,(H,16,19)(H,17,18). The summed E-state index contributed by atoms with van der Waals surface area (Å²) < 4.78 is 13.3. The van der Waals surface area contributed by atoms with Crippen LogP contribution in [0.1, 0.15) is 12.8 Å². The lowest BCUT2D eigenvalue weighted by atomic mass is 10.1. The molecule has 0 heterocycles. The minimum Gasteiger partial charge on any atom is -0.481 e. The largest absolute Gasteiger partial charge is 0.481 e. The summed E-state index contributed by atoms with van der Waals surface area (Å²) in [4.78, 5) is 22.1. The summed E-state index contributed by atoms with van der Waals surface area (Å²) >= 11 is 8.86. The molecule has 1 unspecified atom stereocenters. The molecule has 1 rings (SSSR count). The number of carbonyl (C=O) groups is 2. The minimum absolute atomic E-state index is 0.00238. The third kappa shape index (κ3) is 4.77. The van der Waals surface area contributed by atoms with Crippen molar-refractivity contribution in [3.05, 3.63) is 27.4 Å². The lowest BCUT2D eigenvalue weighted by molar-refractivity contribution is -0.137. The molecule has 1 amide bonds. The molecule has 0 radical (unpaired) electrons. The molecule has 8 heteroatoms. The van der Waals surface area contributed by atoms with Gasteiger partial charge in [-0.05, 0) is 34.5 Å². The molecule has 0 spiro atoms. The molecule has 5 nitrogen and oxygen atoms in total. The zero-order chi connectivity index (χ0) is 14.6. The average molecular weight is 354 g/mol. The van der Waals surface area contributed by atoms with Crippen molar-refractivity contribution >= 4 is 45.1 Å². The summed E-state index contributed by atoms with van der Waals surface area (Å²) in [7, 11) is 0. The number of carbonyl (C=O) groups excluding carboxylic acids is 1. The monoisotopic (exact) mass is 352 g/mol. The molecule has 0 fully saturated rings. The lowest BCUT2D eigenvalue weighted by Gasteiger charge is -2.13. The number of nitrogens with one attached hydrogen (secondary N) is 1. The molecule has 0 aliphatic heterocycles. The Morgan fingerprint density at radius 2 is 2.16 bits per heavy atom. The van der Waals surface area contributed by atoms with Gasteiger partial charge in [-0.2, -0.15) is 0 Å². The van der Waals surface area contributed by atoms with Crippen molar-refractivity contribution in [2.24, 2.45) is 5.73 Å². The fourth-order valence-corrected chi connectivity index (χ4v) is 2.19. The first-order chi connectivity index (χ1) is 8.81. The molecule has 19 heavy (non-hydrogen) atoms. The van der Waals surface area contributed by atoms with Gasteiger partial charge in [0.15, 0.2) is 0 Å². The third-order valence-corrected chi connectivity index (χ3v) is 3.18. The average Bonchev–Trinajstić information content (AvgIpc) is 2.30. The highest BCUT2D eigenvalue weighted by atomic mass is 79.9. The van der Waals surface area contributed by atoms with Gasteiger partial charge in [-0.3, -0.25) is 9.59 Å². The van der Waals surface area contributed by atoms with E-state index in [-0.39, 0.29) is 28.0 Å². The van der Waals surface area contributed by atoms with Crippen LogP contribution >= 0.6 is 27.5 Å². The molecule has 1 atom stereocenters. The number of anilines is 1. The number of amides is 1. The van der Waals surface area contributed by atoms with E-state index in [1.165, 1.54) is 0 Å². The summed E-state index contributed by atoms with van der Waals surface area (Å²) in [6.07, 6.45) is -0.218. The van der Waals surface area contributed by atoms with Crippen LogP contribution in [0.2, 0.25) is 5.02 Å². The van der Waals surface area contributed by atoms with E-state index < -0.39 is 23.7 Å². The van der Waals surface area contributed by atoms with Gasteiger partial charge in [0.2, 0.25) is 5.91 Å². The number of hydrogen-bond acceptors (Lipinski definition) is 3. The van der Waals surface area contributed by atoms with Crippen LogP contribution < -0.4 is 11.1 Å². The van der Waals surface area contributed by atoms with Gasteiger partial charge in [-0.1, -0.05) is 11.6 Å². The van der Waals surface area contributed by atoms with Crippen molar-refractivity contribution in [2.45, 2.75) is 18.9 Å². The Balaban J connectivity index is 2.74. The molecular formula is C11H11BrClFN2O3. The van der Waals surface area contributed by atoms with Gasteiger partial charge < -0.3 is 16.2 Å². The predicted octanol–water partition coefficient (Wildman–Crippen LogP) is 2.37. The van der Waals surface area contributed by atoms with E-state index in [1.807, 2.05) is 0 Å². The Bertz CT molecular complexity index is 490. The Morgan fingerprint density at radius 1 is 1.53 bits per heavy atom. The molecule has 1 aromatic carbocycles. The highest BCUT2D eigenvalue weighted by Crippen LogP contribution is 2.31. The topological polar surface area (TPSA) is 92.4 Å². The summed E-state index contributed by atoms with van der Waals surface area (Å²) in [6, 6.07) is 1.21. The van der Waals surface area contributed by atoms with Gasteiger partial charge in [0.25, 0.3) is 0 Å². The molecular weight excluding hydrogens is 342 g/mol. The van der Waals surface area contributed by atoms with Gasteiger partial charge in [-0.15, -0.1) is 0 Å². The van der Waals surface area contributed by atoms with Gasteiger partial charge in [0, 0.05) is 10.9 Å². The van der Waals surface area contributed by atoms with Crippen LogP contribution in [0.4, 0.5) is 10.1 Å². The zero-order valence-electron chi connectivity index (χ0n) is 9.62. The molecule has 0 aliphatic carbocycles. The normalized spacial score (nSPS) is 12.0. The van der Waals surface area contributed by atoms with Gasteiger partial charge in [0.05, 0.1) is 16.8 Å². The molecule has 0 bridgehead atoms. The van der Waals surface area contributed by atoms with Crippen LogP contribution in [-0.2, 0) is 9.59 Å². The molecule has 0 aliphatic rings. The van der Waals surface area contributed by atoms with Crippen molar-refractivity contribution in [3.63, 3.8) is 0 Å². The van der Waals surface area contributed by atoms with Gasteiger partial charge in [-0.25, -0.2) is 4.39 Å². The van der Waals surface area contributed by atoms with Crippen molar-refractivity contribution < 1.29 is 19.1 Å².